The lowest BCUT2D eigenvalue weighted by atomic mass is 9.96. The van der Waals surface area contributed by atoms with Crippen LogP contribution in [0.4, 0.5) is 0 Å². The van der Waals surface area contributed by atoms with Crippen LogP contribution in [-0.2, 0) is 4.79 Å². The van der Waals surface area contributed by atoms with Crippen molar-refractivity contribution in [3.05, 3.63) is 29.3 Å². The van der Waals surface area contributed by atoms with Crippen molar-refractivity contribution < 1.29 is 4.79 Å². The third kappa shape index (κ3) is 1.51. The van der Waals surface area contributed by atoms with Gasteiger partial charge in [-0.25, -0.2) is 0 Å². The van der Waals surface area contributed by atoms with Crippen molar-refractivity contribution in [3.8, 4) is 0 Å². The van der Waals surface area contributed by atoms with Crippen LogP contribution in [0.25, 0.3) is 0 Å². The molecule has 0 N–H and O–H groups in total. The van der Waals surface area contributed by atoms with E-state index in [0.717, 1.165) is 18.5 Å². The number of carbonyl (C=O) groups excluding carboxylic acids is 1. The molecule has 1 aliphatic heterocycles. The zero-order chi connectivity index (χ0) is 9.26. The highest BCUT2D eigenvalue weighted by molar-refractivity contribution is 7.99. The molecule has 0 fully saturated rings. The molecule has 0 radical (unpaired) electrons. The number of hydrogen-bond donors (Lipinski definition) is 0. The third-order valence-corrected chi connectivity index (χ3v) is 3.77. The Morgan fingerprint density at radius 1 is 1.54 bits per heavy atom. The van der Waals surface area contributed by atoms with E-state index in [2.05, 4.69) is 19.1 Å². The van der Waals surface area contributed by atoms with E-state index in [1.165, 1.54) is 16.0 Å². The maximum absolute atomic E-state index is 10.8. The van der Waals surface area contributed by atoms with Gasteiger partial charge in [-0.1, -0.05) is 18.2 Å². The minimum absolute atomic E-state index is 0.135. The molecule has 0 spiro atoms. The van der Waals surface area contributed by atoms with E-state index in [0.29, 0.717) is 0 Å². The van der Waals surface area contributed by atoms with E-state index in [-0.39, 0.29) is 5.92 Å². The number of fused-ring (bicyclic) bond motifs is 1. The second kappa shape index (κ2) is 3.54. The molecule has 1 unspecified atom stereocenters. The highest BCUT2D eigenvalue weighted by Crippen LogP contribution is 2.38. The Morgan fingerprint density at radius 3 is 3.15 bits per heavy atom. The first kappa shape index (κ1) is 8.82. The van der Waals surface area contributed by atoms with Crippen molar-refractivity contribution in [2.45, 2.75) is 24.2 Å². The molecule has 1 aromatic carbocycles. The van der Waals surface area contributed by atoms with Gasteiger partial charge in [-0.05, 0) is 30.2 Å². The van der Waals surface area contributed by atoms with Crippen LogP contribution in [0.3, 0.4) is 0 Å². The third-order valence-electron chi connectivity index (χ3n) is 2.48. The van der Waals surface area contributed by atoms with E-state index < -0.39 is 0 Å². The summed E-state index contributed by atoms with van der Waals surface area (Å²) in [6.45, 7) is 2.11. The molecule has 0 aliphatic carbocycles. The number of rotatable bonds is 1. The van der Waals surface area contributed by atoms with Crippen molar-refractivity contribution in [2.24, 2.45) is 0 Å². The Labute approximate surface area is 82.5 Å². The topological polar surface area (TPSA) is 17.1 Å². The van der Waals surface area contributed by atoms with Crippen LogP contribution in [0.15, 0.2) is 23.1 Å². The first-order chi connectivity index (χ1) is 6.33. The molecule has 0 amide bonds. The van der Waals surface area contributed by atoms with E-state index in [4.69, 9.17) is 0 Å². The second-order valence-corrected chi connectivity index (χ2v) is 4.48. The van der Waals surface area contributed by atoms with Crippen molar-refractivity contribution >= 4 is 18.0 Å². The van der Waals surface area contributed by atoms with Gasteiger partial charge in [-0.3, -0.25) is 0 Å². The molecule has 0 aromatic heterocycles. The molecule has 1 heterocycles. The Balaban J connectivity index is 2.51. The van der Waals surface area contributed by atoms with Gasteiger partial charge in [0, 0.05) is 10.8 Å². The number of aryl methyl sites for hydroxylation is 1. The number of benzene rings is 1. The summed E-state index contributed by atoms with van der Waals surface area (Å²) in [4.78, 5) is 12.1. The molecule has 68 valence electrons. The standard InChI is InChI=1S/C11H12OS/c1-8-3-2-4-10-9(7-12)5-6-13-11(8)10/h2-4,7,9H,5-6H2,1H3. The normalized spacial score (nSPS) is 20.8. The van der Waals surface area contributed by atoms with Gasteiger partial charge in [0.05, 0.1) is 0 Å². The van der Waals surface area contributed by atoms with Gasteiger partial charge < -0.3 is 4.79 Å². The minimum atomic E-state index is 0.135. The zero-order valence-corrected chi connectivity index (χ0v) is 8.43. The fraction of sp³-hybridized carbons (Fsp3) is 0.364. The molecule has 2 heteroatoms. The highest BCUT2D eigenvalue weighted by atomic mass is 32.2. The molecule has 0 saturated carbocycles. The average molecular weight is 192 g/mol. The van der Waals surface area contributed by atoms with Gasteiger partial charge in [0.15, 0.2) is 0 Å². The molecule has 1 aliphatic rings. The highest BCUT2D eigenvalue weighted by Gasteiger charge is 2.20. The molecular weight excluding hydrogens is 180 g/mol. The summed E-state index contributed by atoms with van der Waals surface area (Å²) >= 11 is 1.88. The van der Waals surface area contributed by atoms with Gasteiger partial charge >= 0.3 is 0 Å². The van der Waals surface area contributed by atoms with Crippen LogP contribution in [0.1, 0.15) is 23.5 Å². The molecule has 1 aromatic rings. The molecule has 1 atom stereocenters. The SMILES string of the molecule is Cc1cccc2c1SCCC2C=O. The number of carbonyl (C=O) groups is 1. The van der Waals surface area contributed by atoms with Gasteiger partial charge in [-0.15, -0.1) is 11.8 Å². The number of thioether (sulfide) groups is 1. The van der Waals surface area contributed by atoms with Crippen LogP contribution in [0.2, 0.25) is 0 Å². The van der Waals surface area contributed by atoms with E-state index in [1.807, 2.05) is 17.8 Å². The molecule has 13 heavy (non-hydrogen) atoms. The van der Waals surface area contributed by atoms with Crippen molar-refractivity contribution in [1.82, 2.24) is 0 Å². The number of hydrogen-bond acceptors (Lipinski definition) is 2. The Morgan fingerprint density at radius 2 is 2.38 bits per heavy atom. The largest absolute Gasteiger partial charge is 0.303 e. The summed E-state index contributed by atoms with van der Waals surface area (Å²) in [6, 6.07) is 6.23. The van der Waals surface area contributed by atoms with Crippen LogP contribution in [0.5, 0.6) is 0 Å². The monoisotopic (exact) mass is 192 g/mol. The van der Waals surface area contributed by atoms with Crippen LogP contribution >= 0.6 is 11.8 Å². The summed E-state index contributed by atoms with van der Waals surface area (Å²) in [6.07, 6.45) is 2.07. The molecule has 0 bridgehead atoms. The Hall–Kier alpha value is -0.760. The van der Waals surface area contributed by atoms with E-state index >= 15 is 0 Å². The zero-order valence-electron chi connectivity index (χ0n) is 7.62. The number of aldehydes is 1. The van der Waals surface area contributed by atoms with Crippen LogP contribution < -0.4 is 0 Å². The van der Waals surface area contributed by atoms with Gasteiger partial charge in [-0.2, -0.15) is 0 Å². The van der Waals surface area contributed by atoms with Gasteiger partial charge in [0.1, 0.15) is 6.29 Å². The van der Waals surface area contributed by atoms with Crippen molar-refractivity contribution in [1.29, 1.82) is 0 Å². The summed E-state index contributed by atoms with van der Waals surface area (Å²) < 4.78 is 0. The van der Waals surface area contributed by atoms with Crippen LogP contribution in [-0.4, -0.2) is 12.0 Å². The lowest BCUT2D eigenvalue weighted by molar-refractivity contribution is -0.109. The summed E-state index contributed by atoms with van der Waals surface area (Å²) in [5.74, 6) is 1.21. The molecule has 2 rings (SSSR count). The first-order valence-corrected chi connectivity index (χ1v) is 5.49. The molecular formula is C11H12OS. The average Bonchev–Trinajstić information content (AvgIpc) is 2.18. The van der Waals surface area contributed by atoms with Crippen LogP contribution in [0, 0.1) is 6.92 Å². The van der Waals surface area contributed by atoms with E-state index in [9.17, 15) is 4.79 Å². The van der Waals surface area contributed by atoms with E-state index in [1.54, 1.807) is 0 Å². The summed E-state index contributed by atoms with van der Waals surface area (Å²) in [5, 5.41) is 0. The maximum Gasteiger partial charge on any atom is 0.127 e. The Kier molecular flexibility index (Phi) is 2.40. The molecule has 0 saturated heterocycles. The summed E-state index contributed by atoms with van der Waals surface area (Å²) in [5.41, 5.74) is 2.53. The smallest absolute Gasteiger partial charge is 0.127 e. The second-order valence-electron chi connectivity index (χ2n) is 3.37. The minimum Gasteiger partial charge on any atom is -0.303 e. The lowest BCUT2D eigenvalue weighted by Gasteiger charge is -2.21. The lowest BCUT2D eigenvalue weighted by Crippen LogP contribution is -2.09. The first-order valence-electron chi connectivity index (χ1n) is 4.50. The van der Waals surface area contributed by atoms with Gasteiger partial charge in [0.25, 0.3) is 0 Å². The Bertz CT molecular complexity index is 333. The van der Waals surface area contributed by atoms with Crippen molar-refractivity contribution in [2.75, 3.05) is 5.75 Å². The molecule has 1 nitrogen and oxygen atoms in total. The predicted molar refractivity (Wildman–Crippen MR) is 55.3 cm³/mol. The van der Waals surface area contributed by atoms with Gasteiger partial charge in [0.2, 0.25) is 0 Å². The van der Waals surface area contributed by atoms with Crippen molar-refractivity contribution in [3.63, 3.8) is 0 Å². The maximum atomic E-state index is 10.8. The quantitative estimate of drug-likeness (QED) is 0.636. The fourth-order valence-corrected chi connectivity index (χ4v) is 3.01. The predicted octanol–water partition coefficient (Wildman–Crippen LogP) is 2.77. The fourth-order valence-electron chi connectivity index (χ4n) is 1.75. The summed E-state index contributed by atoms with van der Waals surface area (Å²) in [7, 11) is 0.